The summed E-state index contributed by atoms with van der Waals surface area (Å²) in [4.78, 5) is 25.2. The Bertz CT molecular complexity index is 1290. The molecule has 0 spiro atoms. The summed E-state index contributed by atoms with van der Waals surface area (Å²) in [5.41, 5.74) is 3.10. The second-order valence-electron chi connectivity index (χ2n) is 6.99. The highest BCUT2D eigenvalue weighted by molar-refractivity contribution is 6.33. The largest absolute Gasteiger partial charge is 0.325 e. The van der Waals surface area contributed by atoms with Gasteiger partial charge in [0.1, 0.15) is 11.3 Å². The minimum Gasteiger partial charge on any atom is -0.325 e. The van der Waals surface area contributed by atoms with Crippen LogP contribution in [0, 0.1) is 12.7 Å². The zero-order valence-electron chi connectivity index (χ0n) is 15.8. The van der Waals surface area contributed by atoms with E-state index in [9.17, 15) is 14.0 Å². The first-order valence-electron chi connectivity index (χ1n) is 9.29. The number of nitrogens with one attached hydrogen (secondary N) is 1. The van der Waals surface area contributed by atoms with Crippen LogP contribution >= 0.6 is 11.6 Å². The SMILES string of the molecule is Cc1ccc(NC(=O)CCCn2c(=O)c3cccn3c3ccc(F)cc32)c(Cl)c1. The maximum Gasteiger partial charge on any atom is 0.275 e. The van der Waals surface area contributed by atoms with E-state index < -0.39 is 5.82 Å². The predicted octanol–water partition coefficient (Wildman–Crippen LogP) is 4.77. The molecular formula is C22H19ClFN3O2. The van der Waals surface area contributed by atoms with Crippen LogP contribution in [0.1, 0.15) is 18.4 Å². The van der Waals surface area contributed by atoms with Gasteiger partial charge in [-0.2, -0.15) is 0 Å². The lowest BCUT2D eigenvalue weighted by Crippen LogP contribution is -2.23. The zero-order chi connectivity index (χ0) is 20.5. The Morgan fingerprint density at radius 1 is 1.10 bits per heavy atom. The van der Waals surface area contributed by atoms with Crippen molar-refractivity contribution >= 4 is 39.7 Å². The third kappa shape index (κ3) is 3.76. The van der Waals surface area contributed by atoms with E-state index in [1.165, 1.54) is 16.7 Å². The summed E-state index contributed by atoms with van der Waals surface area (Å²) in [6.45, 7) is 2.22. The van der Waals surface area contributed by atoms with E-state index in [2.05, 4.69) is 5.32 Å². The van der Waals surface area contributed by atoms with Crippen LogP contribution in [0.3, 0.4) is 0 Å². The topological polar surface area (TPSA) is 55.5 Å². The van der Waals surface area contributed by atoms with Gasteiger partial charge in [0.2, 0.25) is 5.91 Å². The molecule has 0 unspecified atom stereocenters. The third-order valence-corrected chi connectivity index (χ3v) is 5.20. The van der Waals surface area contributed by atoms with Crippen molar-refractivity contribution in [2.75, 3.05) is 5.32 Å². The van der Waals surface area contributed by atoms with Crippen LogP contribution in [0.2, 0.25) is 5.02 Å². The van der Waals surface area contributed by atoms with Gasteiger partial charge in [-0.15, -0.1) is 0 Å². The molecule has 29 heavy (non-hydrogen) atoms. The smallest absolute Gasteiger partial charge is 0.275 e. The minimum absolute atomic E-state index is 0.192. The van der Waals surface area contributed by atoms with E-state index in [0.717, 1.165) is 11.1 Å². The number of halogens is 2. The summed E-state index contributed by atoms with van der Waals surface area (Å²) in [5.74, 6) is -0.605. The van der Waals surface area contributed by atoms with Crippen molar-refractivity contribution in [3.8, 4) is 0 Å². The molecular weight excluding hydrogens is 393 g/mol. The van der Waals surface area contributed by atoms with Crippen molar-refractivity contribution < 1.29 is 9.18 Å². The second-order valence-corrected chi connectivity index (χ2v) is 7.40. The molecule has 0 aliphatic heterocycles. The summed E-state index contributed by atoms with van der Waals surface area (Å²) in [5, 5.41) is 3.27. The van der Waals surface area contributed by atoms with Gasteiger partial charge in [0.05, 0.1) is 21.7 Å². The van der Waals surface area contributed by atoms with Gasteiger partial charge in [-0.1, -0.05) is 17.7 Å². The number of aryl methyl sites for hydroxylation is 2. The lowest BCUT2D eigenvalue weighted by molar-refractivity contribution is -0.116. The van der Waals surface area contributed by atoms with E-state index in [1.807, 2.05) is 13.0 Å². The molecule has 0 fully saturated rings. The number of aromatic nitrogens is 2. The van der Waals surface area contributed by atoms with E-state index >= 15 is 0 Å². The van der Waals surface area contributed by atoms with Crippen LogP contribution in [0.4, 0.5) is 10.1 Å². The van der Waals surface area contributed by atoms with Crippen molar-refractivity contribution in [1.82, 2.24) is 8.97 Å². The first kappa shape index (κ1) is 19.2. The fourth-order valence-electron chi connectivity index (χ4n) is 3.48. The molecule has 2 heterocycles. The molecule has 0 aliphatic carbocycles. The molecule has 0 bridgehead atoms. The highest BCUT2D eigenvalue weighted by Crippen LogP contribution is 2.23. The summed E-state index contributed by atoms with van der Waals surface area (Å²) in [6, 6.07) is 13.3. The summed E-state index contributed by atoms with van der Waals surface area (Å²) < 4.78 is 17.1. The van der Waals surface area contributed by atoms with Gasteiger partial charge < -0.3 is 14.3 Å². The van der Waals surface area contributed by atoms with Crippen molar-refractivity contribution in [2.45, 2.75) is 26.3 Å². The molecule has 148 valence electrons. The molecule has 0 radical (unpaired) electrons. The maximum absolute atomic E-state index is 13.8. The van der Waals surface area contributed by atoms with Gasteiger partial charge in [0, 0.05) is 19.2 Å². The molecule has 1 N–H and O–H groups in total. The molecule has 0 saturated heterocycles. The highest BCUT2D eigenvalue weighted by atomic mass is 35.5. The van der Waals surface area contributed by atoms with Gasteiger partial charge in [-0.3, -0.25) is 9.59 Å². The number of anilines is 1. The molecule has 2 aromatic carbocycles. The Morgan fingerprint density at radius 3 is 2.72 bits per heavy atom. The quantitative estimate of drug-likeness (QED) is 0.514. The van der Waals surface area contributed by atoms with Gasteiger partial charge in [-0.25, -0.2) is 4.39 Å². The predicted molar refractivity (Wildman–Crippen MR) is 113 cm³/mol. The Hall–Kier alpha value is -3.12. The van der Waals surface area contributed by atoms with Crippen LogP contribution in [0.25, 0.3) is 16.6 Å². The van der Waals surface area contributed by atoms with E-state index in [1.54, 1.807) is 40.9 Å². The fraction of sp³-hybridized carbons (Fsp3) is 0.182. The fourth-order valence-corrected chi connectivity index (χ4v) is 3.77. The Labute approximate surface area is 171 Å². The first-order valence-corrected chi connectivity index (χ1v) is 9.67. The molecule has 2 aromatic heterocycles. The Balaban J connectivity index is 1.55. The normalized spacial score (nSPS) is 11.3. The first-order chi connectivity index (χ1) is 13.9. The molecule has 1 amide bonds. The van der Waals surface area contributed by atoms with E-state index in [-0.39, 0.29) is 17.9 Å². The molecule has 0 atom stereocenters. The van der Waals surface area contributed by atoms with Crippen molar-refractivity contribution in [1.29, 1.82) is 0 Å². The zero-order valence-corrected chi connectivity index (χ0v) is 16.5. The molecule has 4 aromatic rings. The third-order valence-electron chi connectivity index (χ3n) is 4.89. The number of carbonyl (C=O) groups is 1. The average molecular weight is 412 g/mol. The highest BCUT2D eigenvalue weighted by Gasteiger charge is 2.12. The van der Waals surface area contributed by atoms with Crippen molar-refractivity contribution in [3.05, 3.63) is 81.5 Å². The molecule has 4 rings (SSSR count). The number of benzene rings is 2. The molecule has 5 nitrogen and oxygen atoms in total. The van der Waals surface area contributed by atoms with Crippen LogP contribution in [-0.2, 0) is 11.3 Å². The van der Waals surface area contributed by atoms with Crippen LogP contribution in [-0.4, -0.2) is 14.9 Å². The number of nitrogens with zero attached hydrogens (tertiary/aromatic N) is 2. The van der Waals surface area contributed by atoms with Gasteiger partial charge >= 0.3 is 0 Å². The number of rotatable bonds is 5. The van der Waals surface area contributed by atoms with Crippen molar-refractivity contribution in [2.24, 2.45) is 0 Å². The Morgan fingerprint density at radius 2 is 1.93 bits per heavy atom. The summed E-state index contributed by atoms with van der Waals surface area (Å²) in [6.07, 6.45) is 2.41. The van der Waals surface area contributed by atoms with Crippen LogP contribution in [0.15, 0.2) is 59.5 Å². The number of hydrogen-bond donors (Lipinski definition) is 1. The molecule has 0 aliphatic rings. The molecule has 0 saturated carbocycles. The van der Waals surface area contributed by atoms with Gasteiger partial charge in [0.25, 0.3) is 5.56 Å². The lowest BCUT2D eigenvalue weighted by atomic mass is 10.2. The second kappa shape index (κ2) is 7.72. The standard InChI is InChI=1S/C22H19ClFN3O2/c1-14-6-8-17(16(23)12-14)25-21(28)5-3-11-27-20-13-15(24)7-9-18(20)26-10-2-4-19(26)22(27)29/h2,4,6-10,12-13H,3,5,11H2,1H3,(H,25,28). The number of carbonyl (C=O) groups excluding carboxylic acids is 1. The molecule has 7 heteroatoms. The van der Waals surface area contributed by atoms with Gasteiger partial charge in [0.15, 0.2) is 0 Å². The average Bonchev–Trinajstić information content (AvgIpc) is 3.17. The van der Waals surface area contributed by atoms with E-state index in [0.29, 0.717) is 34.7 Å². The summed E-state index contributed by atoms with van der Waals surface area (Å²) >= 11 is 6.15. The van der Waals surface area contributed by atoms with Crippen molar-refractivity contribution in [3.63, 3.8) is 0 Å². The van der Waals surface area contributed by atoms with E-state index in [4.69, 9.17) is 11.6 Å². The van der Waals surface area contributed by atoms with Crippen LogP contribution in [0.5, 0.6) is 0 Å². The number of fused-ring (bicyclic) bond motifs is 3. The van der Waals surface area contributed by atoms with Crippen LogP contribution < -0.4 is 10.9 Å². The monoisotopic (exact) mass is 411 g/mol. The number of hydrogen-bond acceptors (Lipinski definition) is 2. The maximum atomic E-state index is 13.8. The Kier molecular flexibility index (Phi) is 5.11. The minimum atomic E-state index is -0.413. The van der Waals surface area contributed by atoms with Gasteiger partial charge in [-0.05, 0) is 61.4 Å². The lowest BCUT2D eigenvalue weighted by Gasteiger charge is -2.13. The number of amides is 1. The summed E-state index contributed by atoms with van der Waals surface area (Å²) in [7, 11) is 0.